The summed E-state index contributed by atoms with van der Waals surface area (Å²) in [6.45, 7) is 6.60. The van der Waals surface area contributed by atoms with Gasteiger partial charge in [0, 0.05) is 44.6 Å². The maximum absolute atomic E-state index is 14.4. The summed E-state index contributed by atoms with van der Waals surface area (Å²) in [6, 6.07) is 3.18. The van der Waals surface area contributed by atoms with Crippen LogP contribution in [0.1, 0.15) is 44.1 Å². The van der Waals surface area contributed by atoms with Crippen LogP contribution in [0.5, 0.6) is 5.75 Å². The molecule has 2 aromatic heterocycles. The van der Waals surface area contributed by atoms with E-state index in [9.17, 15) is 8.78 Å². The minimum atomic E-state index is -0.485. The number of nitrogens with one attached hydrogen (secondary N) is 1. The number of anilines is 2. The second-order valence-corrected chi connectivity index (χ2v) is 9.82. The molecule has 3 aromatic rings. The predicted molar refractivity (Wildman–Crippen MR) is 135 cm³/mol. The van der Waals surface area contributed by atoms with Crippen molar-refractivity contribution < 1.29 is 18.0 Å². The molecule has 2 fully saturated rings. The van der Waals surface area contributed by atoms with E-state index in [1.54, 1.807) is 12.4 Å². The Balaban J connectivity index is 1.17. The first-order valence-corrected chi connectivity index (χ1v) is 12.9. The molecule has 2 saturated heterocycles. The Morgan fingerprint density at radius 3 is 2.57 bits per heavy atom. The molecule has 9 nitrogen and oxygen atoms in total. The second-order valence-electron chi connectivity index (χ2n) is 9.60. The highest BCUT2D eigenvalue weighted by atomic mass is 35.5. The molecular formula is C25H30ClF2N7O2. The Hall–Kier alpha value is -3.05. The zero-order chi connectivity index (χ0) is 25.9. The highest BCUT2D eigenvalue weighted by Gasteiger charge is 2.36. The average Bonchev–Trinajstić information content (AvgIpc) is 3.58. The van der Waals surface area contributed by atoms with E-state index in [4.69, 9.17) is 21.0 Å². The van der Waals surface area contributed by atoms with Crippen molar-refractivity contribution in [2.75, 3.05) is 36.0 Å². The fourth-order valence-corrected chi connectivity index (χ4v) is 5.34. The summed E-state index contributed by atoms with van der Waals surface area (Å²) in [5, 5.41) is 4.07. The Labute approximate surface area is 219 Å². The molecule has 0 spiro atoms. The first-order chi connectivity index (χ1) is 17.9. The number of aromatic nitrogens is 4. The molecule has 3 atom stereocenters. The van der Waals surface area contributed by atoms with Crippen LogP contribution in [0.3, 0.4) is 0 Å². The molecule has 0 unspecified atom stereocenters. The van der Waals surface area contributed by atoms with Gasteiger partial charge in [-0.1, -0.05) is 6.92 Å². The van der Waals surface area contributed by atoms with Gasteiger partial charge in [-0.2, -0.15) is 4.98 Å². The zero-order valence-corrected chi connectivity index (χ0v) is 21.5. The number of piperidine rings is 1. The molecule has 0 radical (unpaired) electrons. The van der Waals surface area contributed by atoms with Crippen LogP contribution in [-0.4, -0.2) is 58.4 Å². The van der Waals surface area contributed by atoms with E-state index in [1.807, 2.05) is 11.8 Å². The predicted octanol–water partition coefficient (Wildman–Crippen LogP) is 4.10. The molecule has 0 saturated carbocycles. The molecule has 1 N–H and O–H groups in total. The van der Waals surface area contributed by atoms with Gasteiger partial charge in [0.25, 0.3) is 5.95 Å². The van der Waals surface area contributed by atoms with Crippen LogP contribution in [0.2, 0.25) is 0 Å². The number of rotatable bonds is 8. The van der Waals surface area contributed by atoms with Gasteiger partial charge in [-0.15, -0.1) is 0 Å². The summed E-state index contributed by atoms with van der Waals surface area (Å²) in [7, 11) is 0. The molecule has 5 rings (SSSR count). The zero-order valence-electron chi connectivity index (χ0n) is 20.8. The van der Waals surface area contributed by atoms with Crippen molar-refractivity contribution in [3.63, 3.8) is 0 Å². The number of halogens is 3. The fourth-order valence-electron chi connectivity index (χ4n) is 5.12. The number of benzene rings is 1. The fraction of sp³-hybridized carbons (Fsp3) is 0.520. The van der Waals surface area contributed by atoms with Gasteiger partial charge in [0.1, 0.15) is 11.6 Å². The van der Waals surface area contributed by atoms with E-state index < -0.39 is 11.6 Å². The summed E-state index contributed by atoms with van der Waals surface area (Å²) in [5.74, 6) is 1.46. The number of nitrogens with zero attached hydrogens (tertiary/aromatic N) is 6. The first kappa shape index (κ1) is 25.6. The second kappa shape index (κ2) is 11.1. The van der Waals surface area contributed by atoms with Crippen molar-refractivity contribution in [1.82, 2.24) is 24.9 Å². The number of ether oxygens (including phenoxy) is 1. The van der Waals surface area contributed by atoms with Crippen LogP contribution < -0.4 is 19.4 Å². The maximum atomic E-state index is 14.4. The molecule has 198 valence electrons. The van der Waals surface area contributed by atoms with Gasteiger partial charge in [0.15, 0.2) is 5.75 Å². The standard InChI is InChI=1S/C25H30ClF2N7O2/c1-3-23-31-25(33-37-23)34-8-6-16(7-9-34)15(2)36-18-11-29-24(30-12-18)35-13-20(22(14-35)32-26)19-10-17(27)4-5-21(19)28/h4-5,10-12,15-16,20,22,32H,3,6-9,13-14H2,1-2H3/t15-,20+,22-/m0/s1. The van der Waals surface area contributed by atoms with Gasteiger partial charge < -0.3 is 19.1 Å². The van der Waals surface area contributed by atoms with Crippen molar-refractivity contribution >= 4 is 23.7 Å². The topological polar surface area (TPSA) is 92.4 Å². The highest BCUT2D eigenvalue weighted by Crippen LogP contribution is 2.33. The number of hydrogen-bond donors (Lipinski definition) is 1. The van der Waals surface area contributed by atoms with Crippen LogP contribution >= 0.6 is 11.8 Å². The van der Waals surface area contributed by atoms with E-state index in [2.05, 4.69) is 36.8 Å². The molecular weight excluding hydrogens is 504 g/mol. The lowest BCUT2D eigenvalue weighted by Gasteiger charge is -2.34. The number of hydrogen-bond acceptors (Lipinski definition) is 9. The normalized spacial score (nSPS) is 21.4. The van der Waals surface area contributed by atoms with E-state index in [0.29, 0.717) is 42.5 Å². The van der Waals surface area contributed by atoms with Crippen molar-refractivity contribution in [2.45, 2.75) is 51.2 Å². The lowest BCUT2D eigenvalue weighted by atomic mass is 9.92. The molecule has 0 amide bonds. The van der Waals surface area contributed by atoms with Crippen molar-refractivity contribution in [1.29, 1.82) is 0 Å². The molecule has 2 aliphatic heterocycles. The smallest absolute Gasteiger partial charge is 0.266 e. The third-order valence-corrected chi connectivity index (χ3v) is 7.56. The van der Waals surface area contributed by atoms with E-state index >= 15 is 0 Å². The molecule has 0 bridgehead atoms. The molecule has 2 aliphatic rings. The summed E-state index contributed by atoms with van der Waals surface area (Å²) in [6.07, 6.45) is 5.93. The lowest BCUT2D eigenvalue weighted by molar-refractivity contribution is 0.131. The van der Waals surface area contributed by atoms with Gasteiger partial charge in [-0.3, -0.25) is 0 Å². The summed E-state index contributed by atoms with van der Waals surface area (Å²) in [5.41, 5.74) is 0.283. The van der Waals surface area contributed by atoms with Crippen LogP contribution in [0.4, 0.5) is 20.7 Å². The molecule has 0 aliphatic carbocycles. The highest BCUT2D eigenvalue weighted by molar-refractivity contribution is 6.13. The van der Waals surface area contributed by atoms with Crippen LogP contribution in [-0.2, 0) is 6.42 Å². The molecule has 37 heavy (non-hydrogen) atoms. The van der Waals surface area contributed by atoms with Crippen molar-refractivity contribution in [3.8, 4) is 5.75 Å². The Bertz CT molecular complexity index is 1190. The summed E-state index contributed by atoms with van der Waals surface area (Å²) < 4.78 is 39.5. The average molecular weight is 534 g/mol. The minimum absolute atomic E-state index is 0.00924. The third kappa shape index (κ3) is 5.62. The van der Waals surface area contributed by atoms with E-state index in [-0.39, 0.29) is 23.6 Å². The Morgan fingerprint density at radius 1 is 1.14 bits per heavy atom. The summed E-state index contributed by atoms with van der Waals surface area (Å²) >= 11 is 5.94. The van der Waals surface area contributed by atoms with Crippen LogP contribution in [0.25, 0.3) is 0 Å². The Kier molecular flexibility index (Phi) is 7.71. The number of aryl methyl sites for hydroxylation is 1. The Morgan fingerprint density at radius 2 is 1.89 bits per heavy atom. The van der Waals surface area contributed by atoms with Gasteiger partial charge >= 0.3 is 0 Å². The lowest BCUT2D eigenvalue weighted by Crippen LogP contribution is -2.39. The molecule has 12 heteroatoms. The van der Waals surface area contributed by atoms with E-state index in [1.165, 1.54) is 6.07 Å². The van der Waals surface area contributed by atoms with Gasteiger partial charge in [0.05, 0.1) is 18.5 Å². The van der Waals surface area contributed by atoms with Gasteiger partial charge in [-0.05, 0) is 66.4 Å². The molecule has 4 heterocycles. The van der Waals surface area contributed by atoms with Crippen LogP contribution in [0.15, 0.2) is 35.1 Å². The molecule has 1 aromatic carbocycles. The van der Waals surface area contributed by atoms with Gasteiger partial charge in [0.2, 0.25) is 11.8 Å². The first-order valence-electron chi connectivity index (χ1n) is 12.6. The third-order valence-electron chi connectivity index (χ3n) is 7.28. The van der Waals surface area contributed by atoms with E-state index in [0.717, 1.165) is 44.5 Å². The SMILES string of the molecule is CCc1nc(N2CCC([C@H](C)Oc3cnc(N4C[C@H](NCl)[C@@H](c5cc(F)ccc5F)C4)nc3)CC2)no1. The van der Waals surface area contributed by atoms with Gasteiger partial charge in [-0.25, -0.2) is 23.6 Å². The van der Waals surface area contributed by atoms with Crippen LogP contribution in [0, 0.1) is 17.6 Å². The minimum Gasteiger partial charge on any atom is -0.487 e. The van der Waals surface area contributed by atoms with Crippen molar-refractivity contribution in [3.05, 3.63) is 53.7 Å². The monoisotopic (exact) mass is 533 g/mol. The quantitative estimate of drug-likeness (QED) is 0.429. The summed E-state index contributed by atoms with van der Waals surface area (Å²) in [4.78, 5) is 20.1. The van der Waals surface area contributed by atoms with Crippen molar-refractivity contribution in [2.24, 2.45) is 5.92 Å². The largest absolute Gasteiger partial charge is 0.487 e. The maximum Gasteiger partial charge on any atom is 0.266 e.